The van der Waals surface area contributed by atoms with Gasteiger partial charge in [0, 0.05) is 5.39 Å². The molecule has 0 saturated heterocycles. The van der Waals surface area contributed by atoms with E-state index in [1.54, 1.807) is 0 Å². The van der Waals surface area contributed by atoms with Gasteiger partial charge in [-0.2, -0.15) is 0 Å². The van der Waals surface area contributed by atoms with Crippen molar-refractivity contribution in [1.82, 2.24) is 10.4 Å². The summed E-state index contributed by atoms with van der Waals surface area (Å²) in [6, 6.07) is 22.5. The SMILES string of the molecule is NNC(Cc1ccccc1)c1ccc2ccccc2n1. The van der Waals surface area contributed by atoms with Crippen molar-refractivity contribution in [3.63, 3.8) is 0 Å². The molecule has 20 heavy (non-hydrogen) atoms. The lowest BCUT2D eigenvalue weighted by molar-refractivity contribution is 0.540. The third-order valence-electron chi connectivity index (χ3n) is 3.46. The summed E-state index contributed by atoms with van der Waals surface area (Å²) in [6.07, 6.45) is 0.822. The number of para-hydroxylation sites is 1. The highest BCUT2D eigenvalue weighted by Gasteiger charge is 2.12. The lowest BCUT2D eigenvalue weighted by atomic mass is 10.0. The van der Waals surface area contributed by atoms with Crippen LogP contribution in [0.25, 0.3) is 10.9 Å². The molecule has 3 aromatic rings. The number of nitrogens with two attached hydrogens (primary N) is 1. The zero-order valence-corrected chi connectivity index (χ0v) is 11.2. The van der Waals surface area contributed by atoms with E-state index < -0.39 is 0 Å². The van der Waals surface area contributed by atoms with Crippen molar-refractivity contribution < 1.29 is 0 Å². The molecule has 0 radical (unpaired) electrons. The van der Waals surface area contributed by atoms with Crippen molar-refractivity contribution in [3.8, 4) is 0 Å². The van der Waals surface area contributed by atoms with Gasteiger partial charge in [0.2, 0.25) is 0 Å². The zero-order valence-electron chi connectivity index (χ0n) is 11.2. The van der Waals surface area contributed by atoms with E-state index in [2.05, 4.69) is 29.7 Å². The number of hydrogen-bond acceptors (Lipinski definition) is 3. The number of benzene rings is 2. The second-order valence-electron chi connectivity index (χ2n) is 4.84. The van der Waals surface area contributed by atoms with Crippen LogP contribution in [0.2, 0.25) is 0 Å². The smallest absolute Gasteiger partial charge is 0.0706 e. The molecular formula is C17H17N3. The first-order valence-corrected chi connectivity index (χ1v) is 6.72. The third-order valence-corrected chi connectivity index (χ3v) is 3.46. The van der Waals surface area contributed by atoms with Gasteiger partial charge < -0.3 is 0 Å². The van der Waals surface area contributed by atoms with Crippen LogP contribution in [-0.4, -0.2) is 4.98 Å². The molecule has 3 heteroatoms. The Bertz CT molecular complexity index is 695. The van der Waals surface area contributed by atoms with Gasteiger partial charge in [-0.25, -0.2) is 0 Å². The quantitative estimate of drug-likeness (QED) is 0.562. The van der Waals surface area contributed by atoms with Crippen LogP contribution in [-0.2, 0) is 6.42 Å². The van der Waals surface area contributed by atoms with Gasteiger partial charge in [-0.15, -0.1) is 0 Å². The fourth-order valence-electron chi connectivity index (χ4n) is 2.37. The number of nitrogens with one attached hydrogen (secondary N) is 1. The largest absolute Gasteiger partial charge is 0.271 e. The van der Waals surface area contributed by atoms with E-state index in [-0.39, 0.29) is 6.04 Å². The van der Waals surface area contributed by atoms with Crippen molar-refractivity contribution in [2.24, 2.45) is 5.84 Å². The van der Waals surface area contributed by atoms with Crippen molar-refractivity contribution >= 4 is 10.9 Å². The van der Waals surface area contributed by atoms with Crippen LogP contribution >= 0.6 is 0 Å². The molecule has 0 spiro atoms. The Morgan fingerprint density at radius 3 is 2.45 bits per heavy atom. The van der Waals surface area contributed by atoms with Crippen LogP contribution < -0.4 is 11.3 Å². The van der Waals surface area contributed by atoms with E-state index >= 15 is 0 Å². The Kier molecular flexibility index (Phi) is 3.72. The molecule has 0 aliphatic heterocycles. The Labute approximate surface area is 118 Å². The van der Waals surface area contributed by atoms with E-state index in [1.165, 1.54) is 5.56 Å². The standard InChI is InChI=1S/C17H17N3/c18-20-17(12-13-6-2-1-3-7-13)16-11-10-14-8-4-5-9-15(14)19-16/h1-11,17,20H,12,18H2. The summed E-state index contributed by atoms with van der Waals surface area (Å²) in [4.78, 5) is 4.70. The summed E-state index contributed by atoms with van der Waals surface area (Å²) in [7, 11) is 0. The lowest BCUT2D eigenvalue weighted by Gasteiger charge is -2.16. The Hall–Kier alpha value is -2.23. The van der Waals surface area contributed by atoms with Gasteiger partial charge in [0.25, 0.3) is 0 Å². The third kappa shape index (κ3) is 2.69. The number of hydrogen-bond donors (Lipinski definition) is 2. The fraction of sp³-hybridized carbons (Fsp3) is 0.118. The molecule has 2 aromatic carbocycles. The van der Waals surface area contributed by atoms with E-state index in [0.29, 0.717) is 0 Å². The van der Waals surface area contributed by atoms with Crippen molar-refractivity contribution in [2.75, 3.05) is 0 Å². The van der Waals surface area contributed by atoms with E-state index in [1.807, 2.05) is 42.5 Å². The Balaban J connectivity index is 1.91. The molecule has 1 unspecified atom stereocenters. The molecule has 0 fully saturated rings. The molecular weight excluding hydrogens is 246 g/mol. The number of pyridine rings is 1. The van der Waals surface area contributed by atoms with Crippen LogP contribution in [0.15, 0.2) is 66.7 Å². The minimum Gasteiger partial charge on any atom is -0.271 e. The van der Waals surface area contributed by atoms with Crippen molar-refractivity contribution in [1.29, 1.82) is 0 Å². The van der Waals surface area contributed by atoms with Crippen LogP contribution in [0.5, 0.6) is 0 Å². The number of fused-ring (bicyclic) bond motifs is 1. The molecule has 0 bridgehead atoms. The van der Waals surface area contributed by atoms with Gasteiger partial charge in [0.15, 0.2) is 0 Å². The molecule has 0 aliphatic rings. The average Bonchev–Trinajstić information content (AvgIpc) is 2.53. The lowest BCUT2D eigenvalue weighted by Crippen LogP contribution is -2.30. The minimum atomic E-state index is 0.0157. The summed E-state index contributed by atoms with van der Waals surface area (Å²) >= 11 is 0. The topological polar surface area (TPSA) is 50.9 Å². The van der Waals surface area contributed by atoms with Crippen LogP contribution in [0, 0.1) is 0 Å². The summed E-state index contributed by atoms with van der Waals surface area (Å²) in [5.41, 5.74) is 6.08. The first-order valence-electron chi connectivity index (χ1n) is 6.72. The maximum absolute atomic E-state index is 5.71. The summed E-state index contributed by atoms with van der Waals surface area (Å²) < 4.78 is 0. The first-order chi connectivity index (χ1) is 9.86. The number of aromatic nitrogens is 1. The number of nitrogens with zero attached hydrogens (tertiary/aromatic N) is 1. The molecule has 0 saturated carbocycles. The van der Waals surface area contributed by atoms with Crippen LogP contribution in [0.4, 0.5) is 0 Å². The van der Waals surface area contributed by atoms with E-state index in [9.17, 15) is 0 Å². The van der Waals surface area contributed by atoms with E-state index in [4.69, 9.17) is 10.8 Å². The highest BCUT2D eigenvalue weighted by Crippen LogP contribution is 2.19. The highest BCUT2D eigenvalue weighted by molar-refractivity contribution is 5.78. The van der Waals surface area contributed by atoms with Crippen LogP contribution in [0.3, 0.4) is 0 Å². The average molecular weight is 263 g/mol. The monoisotopic (exact) mass is 263 g/mol. The Morgan fingerprint density at radius 2 is 1.65 bits per heavy atom. The number of hydrazine groups is 1. The second-order valence-corrected chi connectivity index (χ2v) is 4.84. The summed E-state index contributed by atoms with van der Waals surface area (Å²) in [5, 5.41) is 1.15. The highest BCUT2D eigenvalue weighted by atomic mass is 15.2. The van der Waals surface area contributed by atoms with Gasteiger partial charge in [-0.05, 0) is 24.1 Å². The molecule has 1 aromatic heterocycles. The van der Waals surface area contributed by atoms with Gasteiger partial charge >= 0.3 is 0 Å². The normalized spacial score (nSPS) is 12.4. The van der Waals surface area contributed by atoms with Gasteiger partial charge in [0.05, 0.1) is 17.3 Å². The van der Waals surface area contributed by atoms with E-state index in [0.717, 1.165) is 23.0 Å². The molecule has 3 rings (SSSR count). The van der Waals surface area contributed by atoms with Crippen molar-refractivity contribution in [2.45, 2.75) is 12.5 Å². The molecule has 3 N–H and O–H groups in total. The van der Waals surface area contributed by atoms with Gasteiger partial charge in [-0.1, -0.05) is 54.6 Å². The zero-order chi connectivity index (χ0) is 13.8. The molecule has 100 valence electrons. The predicted octanol–water partition coefficient (Wildman–Crippen LogP) is 2.98. The molecule has 1 heterocycles. The summed E-state index contributed by atoms with van der Waals surface area (Å²) in [5.74, 6) is 5.71. The van der Waals surface area contributed by atoms with Crippen LogP contribution in [0.1, 0.15) is 17.3 Å². The maximum atomic E-state index is 5.71. The second kappa shape index (κ2) is 5.82. The fourth-order valence-corrected chi connectivity index (χ4v) is 2.37. The molecule has 0 amide bonds. The molecule has 1 atom stereocenters. The maximum Gasteiger partial charge on any atom is 0.0706 e. The summed E-state index contributed by atoms with van der Waals surface area (Å²) in [6.45, 7) is 0. The minimum absolute atomic E-state index is 0.0157. The first kappa shape index (κ1) is 12.8. The van der Waals surface area contributed by atoms with Gasteiger partial charge in [-0.3, -0.25) is 16.3 Å². The predicted molar refractivity (Wildman–Crippen MR) is 82.0 cm³/mol. The molecule has 0 aliphatic carbocycles. The number of rotatable bonds is 4. The molecule has 3 nitrogen and oxygen atoms in total. The van der Waals surface area contributed by atoms with Crippen molar-refractivity contribution in [3.05, 3.63) is 78.0 Å². The Morgan fingerprint density at radius 1 is 0.900 bits per heavy atom. The van der Waals surface area contributed by atoms with Gasteiger partial charge in [0.1, 0.15) is 0 Å².